The Morgan fingerprint density at radius 3 is 2.55 bits per heavy atom. The second-order valence-corrected chi connectivity index (χ2v) is 9.78. The van der Waals surface area contributed by atoms with E-state index in [1.807, 2.05) is 16.8 Å². The van der Waals surface area contributed by atoms with Crippen LogP contribution in [0.15, 0.2) is 29.4 Å². The SMILES string of the molecule is Fc1ccc(-n2nc(CSc3nnc(N4CCCCC4)n3C3CC3)c3c2CCC3)cc1. The first-order valence-corrected chi connectivity index (χ1v) is 12.4. The molecule has 1 saturated heterocycles. The lowest BCUT2D eigenvalue weighted by molar-refractivity contribution is 0.548. The molecule has 0 atom stereocenters. The Morgan fingerprint density at radius 2 is 1.77 bits per heavy atom. The molecule has 0 N–H and O–H groups in total. The van der Waals surface area contributed by atoms with E-state index in [9.17, 15) is 4.39 Å². The van der Waals surface area contributed by atoms with Gasteiger partial charge in [-0.3, -0.25) is 4.57 Å². The van der Waals surface area contributed by atoms with Crippen LogP contribution in [0.5, 0.6) is 0 Å². The average molecular weight is 439 g/mol. The molecule has 3 aromatic rings. The molecular weight excluding hydrogens is 411 g/mol. The highest BCUT2D eigenvalue weighted by Crippen LogP contribution is 2.42. The van der Waals surface area contributed by atoms with Crippen LogP contribution in [-0.4, -0.2) is 37.6 Å². The van der Waals surface area contributed by atoms with E-state index in [4.69, 9.17) is 5.10 Å². The van der Waals surface area contributed by atoms with Gasteiger partial charge in [0, 0.05) is 30.6 Å². The number of hydrogen-bond acceptors (Lipinski definition) is 5. The van der Waals surface area contributed by atoms with Crippen LogP contribution in [0.3, 0.4) is 0 Å². The summed E-state index contributed by atoms with van der Waals surface area (Å²) in [7, 11) is 0. The monoisotopic (exact) mass is 438 g/mol. The molecule has 1 saturated carbocycles. The largest absolute Gasteiger partial charge is 0.341 e. The molecule has 162 valence electrons. The molecule has 1 aliphatic heterocycles. The summed E-state index contributed by atoms with van der Waals surface area (Å²) in [6.07, 6.45) is 9.51. The van der Waals surface area contributed by atoms with Gasteiger partial charge in [-0.1, -0.05) is 11.8 Å². The fraction of sp³-hybridized carbons (Fsp3) is 0.522. The van der Waals surface area contributed by atoms with Gasteiger partial charge >= 0.3 is 0 Å². The van der Waals surface area contributed by atoms with Gasteiger partial charge in [-0.15, -0.1) is 10.2 Å². The predicted molar refractivity (Wildman–Crippen MR) is 119 cm³/mol. The third-order valence-corrected chi connectivity index (χ3v) is 7.57. The quantitative estimate of drug-likeness (QED) is 0.522. The molecule has 31 heavy (non-hydrogen) atoms. The molecule has 0 unspecified atom stereocenters. The molecule has 2 aliphatic carbocycles. The summed E-state index contributed by atoms with van der Waals surface area (Å²) in [4.78, 5) is 2.42. The highest BCUT2D eigenvalue weighted by atomic mass is 32.2. The summed E-state index contributed by atoms with van der Waals surface area (Å²) in [5.41, 5.74) is 4.71. The first kappa shape index (κ1) is 19.3. The molecular formula is C23H27FN6S. The van der Waals surface area contributed by atoms with Crippen LogP contribution in [0, 0.1) is 5.82 Å². The standard InChI is InChI=1S/C23H27FN6S/c24-16-7-9-18(10-8-16)30-21-6-4-5-19(21)20(27-30)15-31-23-26-25-22(29(23)17-11-12-17)28-13-2-1-3-14-28/h7-10,17H,1-6,11-15H2. The summed E-state index contributed by atoms with van der Waals surface area (Å²) >= 11 is 1.76. The maximum atomic E-state index is 13.4. The number of nitrogens with zero attached hydrogens (tertiary/aromatic N) is 6. The van der Waals surface area contributed by atoms with E-state index in [-0.39, 0.29) is 5.82 Å². The molecule has 3 heterocycles. The number of benzene rings is 1. The van der Waals surface area contributed by atoms with Crippen molar-refractivity contribution in [3.8, 4) is 5.69 Å². The van der Waals surface area contributed by atoms with Gasteiger partial charge in [0.25, 0.3) is 0 Å². The van der Waals surface area contributed by atoms with Crippen molar-refractivity contribution in [2.75, 3.05) is 18.0 Å². The zero-order valence-corrected chi connectivity index (χ0v) is 18.5. The van der Waals surface area contributed by atoms with Gasteiger partial charge < -0.3 is 4.90 Å². The number of fused-ring (bicyclic) bond motifs is 1. The van der Waals surface area contributed by atoms with Crippen molar-refractivity contribution in [2.24, 2.45) is 0 Å². The summed E-state index contributed by atoms with van der Waals surface area (Å²) in [5, 5.41) is 15.2. The Labute approximate surface area is 185 Å². The molecule has 0 radical (unpaired) electrons. The molecule has 0 spiro atoms. The van der Waals surface area contributed by atoms with Crippen molar-refractivity contribution >= 4 is 17.7 Å². The van der Waals surface area contributed by atoms with Crippen LogP contribution in [-0.2, 0) is 18.6 Å². The van der Waals surface area contributed by atoms with Crippen molar-refractivity contribution in [2.45, 2.75) is 68.3 Å². The fourth-order valence-electron chi connectivity index (χ4n) is 4.89. The lowest BCUT2D eigenvalue weighted by Gasteiger charge is -2.27. The number of rotatable bonds is 6. The van der Waals surface area contributed by atoms with Gasteiger partial charge in [-0.2, -0.15) is 5.10 Å². The highest BCUT2D eigenvalue weighted by molar-refractivity contribution is 7.98. The van der Waals surface area contributed by atoms with Crippen molar-refractivity contribution in [1.29, 1.82) is 0 Å². The van der Waals surface area contributed by atoms with Crippen LogP contribution in [0.2, 0.25) is 0 Å². The Bertz CT molecular complexity index is 1080. The van der Waals surface area contributed by atoms with E-state index < -0.39 is 0 Å². The maximum Gasteiger partial charge on any atom is 0.228 e. The maximum absolute atomic E-state index is 13.4. The normalized spacial score (nSPS) is 18.5. The van der Waals surface area contributed by atoms with Crippen molar-refractivity contribution in [3.05, 3.63) is 47.0 Å². The molecule has 2 aromatic heterocycles. The number of halogens is 1. The van der Waals surface area contributed by atoms with E-state index in [0.29, 0.717) is 6.04 Å². The van der Waals surface area contributed by atoms with E-state index in [1.54, 1.807) is 11.8 Å². The Kier molecular flexibility index (Phi) is 4.97. The third kappa shape index (κ3) is 3.64. The molecule has 6 rings (SSSR count). The molecule has 2 fully saturated rings. The zero-order valence-electron chi connectivity index (χ0n) is 17.6. The second kappa shape index (κ2) is 7.97. The number of anilines is 1. The summed E-state index contributed by atoms with van der Waals surface area (Å²) < 4.78 is 17.8. The fourth-order valence-corrected chi connectivity index (χ4v) is 5.85. The molecule has 0 bridgehead atoms. The van der Waals surface area contributed by atoms with Crippen LogP contribution in [0.4, 0.5) is 10.3 Å². The number of piperidine rings is 1. The Balaban J connectivity index is 1.26. The summed E-state index contributed by atoms with van der Waals surface area (Å²) in [6.45, 7) is 2.18. The molecule has 3 aliphatic rings. The number of thioether (sulfide) groups is 1. The number of aromatic nitrogens is 5. The first-order chi connectivity index (χ1) is 15.3. The van der Waals surface area contributed by atoms with Crippen molar-refractivity contribution < 1.29 is 4.39 Å². The van der Waals surface area contributed by atoms with Gasteiger partial charge in [0.05, 0.1) is 11.4 Å². The average Bonchev–Trinajstić information content (AvgIpc) is 3.21. The topological polar surface area (TPSA) is 51.8 Å². The van der Waals surface area contributed by atoms with Gasteiger partial charge in [0.1, 0.15) is 5.82 Å². The van der Waals surface area contributed by atoms with E-state index in [1.165, 1.54) is 55.5 Å². The highest BCUT2D eigenvalue weighted by Gasteiger charge is 2.32. The van der Waals surface area contributed by atoms with Crippen LogP contribution >= 0.6 is 11.8 Å². The van der Waals surface area contributed by atoms with Gasteiger partial charge in [-0.05, 0) is 81.2 Å². The summed E-state index contributed by atoms with van der Waals surface area (Å²) in [6, 6.07) is 7.19. The smallest absolute Gasteiger partial charge is 0.228 e. The predicted octanol–water partition coefficient (Wildman–Crippen LogP) is 4.71. The third-order valence-electron chi connectivity index (χ3n) is 6.62. The minimum Gasteiger partial charge on any atom is -0.341 e. The lowest BCUT2D eigenvalue weighted by Crippen LogP contribution is -2.31. The van der Waals surface area contributed by atoms with Crippen LogP contribution in [0.1, 0.15) is 61.5 Å². The minimum atomic E-state index is -0.216. The minimum absolute atomic E-state index is 0.216. The van der Waals surface area contributed by atoms with Crippen molar-refractivity contribution in [3.63, 3.8) is 0 Å². The lowest BCUT2D eigenvalue weighted by atomic mass is 10.1. The molecule has 0 amide bonds. The van der Waals surface area contributed by atoms with Gasteiger partial charge in [0.15, 0.2) is 5.16 Å². The van der Waals surface area contributed by atoms with E-state index in [0.717, 1.165) is 60.6 Å². The van der Waals surface area contributed by atoms with Crippen LogP contribution < -0.4 is 4.90 Å². The second-order valence-electron chi connectivity index (χ2n) is 8.83. The van der Waals surface area contributed by atoms with E-state index >= 15 is 0 Å². The number of hydrogen-bond donors (Lipinski definition) is 0. The molecule has 1 aromatic carbocycles. The summed E-state index contributed by atoms with van der Waals surface area (Å²) in [5.74, 6) is 1.64. The molecule has 8 heteroatoms. The Hall–Kier alpha value is -2.35. The van der Waals surface area contributed by atoms with Gasteiger partial charge in [0.2, 0.25) is 5.95 Å². The Morgan fingerprint density at radius 1 is 0.968 bits per heavy atom. The first-order valence-electron chi connectivity index (χ1n) is 11.5. The van der Waals surface area contributed by atoms with Crippen molar-refractivity contribution in [1.82, 2.24) is 24.5 Å². The molecule has 6 nitrogen and oxygen atoms in total. The van der Waals surface area contributed by atoms with Gasteiger partial charge in [-0.25, -0.2) is 9.07 Å². The van der Waals surface area contributed by atoms with E-state index in [2.05, 4.69) is 19.7 Å². The zero-order chi connectivity index (χ0) is 20.8. The van der Waals surface area contributed by atoms with Crippen LogP contribution in [0.25, 0.3) is 5.69 Å².